The maximum absolute atomic E-state index is 11.1. The van der Waals surface area contributed by atoms with Gasteiger partial charge in [0.05, 0.1) is 17.2 Å². The molecule has 5 nitrogen and oxygen atoms in total. The van der Waals surface area contributed by atoms with Crippen molar-refractivity contribution < 1.29 is 14.7 Å². The molecular formula is C10H6N2O3. The molecule has 0 aliphatic rings. The van der Waals surface area contributed by atoms with E-state index in [4.69, 9.17) is 5.11 Å². The van der Waals surface area contributed by atoms with Crippen molar-refractivity contribution in [1.29, 1.82) is 0 Å². The number of Topliss-reactive ketones (excluding diaryl/α,β-unsaturated/α-hetero) is 1. The minimum atomic E-state index is -1.53. The van der Waals surface area contributed by atoms with Gasteiger partial charge in [-0.25, -0.2) is 9.78 Å². The van der Waals surface area contributed by atoms with E-state index in [9.17, 15) is 9.59 Å². The summed E-state index contributed by atoms with van der Waals surface area (Å²) in [6, 6.07) is 6.93. The quantitative estimate of drug-likeness (QED) is 0.578. The highest BCUT2D eigenvalue weighted by Crippen LogP contribution is 2.08. The standard InChI is InChI=1S/C10H6N2O3/c13-9(10(14)15)8-5-11-6-3-1-2-4-7(6)12-8/h1-5H,(H,14,15). The first-order valence-electron chi connectivity index (χ1n) is 4.18. The number of nitrogens with zero attached hydrogens (tertiary/aromatic N) is 2. The second-order valence-corrected chi connectivity index (χ2v) is 2.88. The summed E-state index contributed by atoms with van der Waals surface area (Å²) in [5.41, 5.74) is 0.977. The lowest BCUT2D eigenvalue weighted by molar-refractivity contribution is -0.131. The average Bonchev–Trinajstić information content (AvgIpc) is 2.27. The van der Waals surface area contributed by atoms with E-state index in [0.717, 1.165) is 0 Å². The van der Waals surface area contributed by atoms with E-state index in [1.165, 1.54) is 6.20 Å². The van der Waals surface area contributed by atoms with Crippen molar-refractivity contribution in [2.75, 3.05) is 0 Å². The summed E-state index contributed by atoms with van der Waals surface area (Å²) in [5.74, 6) is -2.58. The van der Waals surface area contributed by atoms with Crippen LogP contribution in [0.2, 0.25) is 0 Å². The van der Waals surface area contributed by atoms with E-state index in [0.29, 0.717) is 11.0 Å². The van der Waals surface area contributed by atoms with Crippen molar-refractivity contribution in [3.8, 4) is 0 Å². The van der Waals surface area contributed by atoms with Crippen LogP contribution < -0.4 is 0 Å². The Morgan fingerprint density at radius 2 is 1.80 bits per heavy atom. The Balaban J connectivity index is 2.56. The molecule has 0 aliphatic carbocycles. The molecule has 1 aromatic heterocycles. The molecule has 0 fully saturated rings. The Hall–Kier alpha value is -2.30. The summed E-state index contributed by atoms with van der Waals surface area (Å²) in [7, 11) is 0. The molecule has 0 radical (unpaired) electrons. The van der Waals surface area contributed by atoms with Gasteiger partial charge in [-0.2, -0.15) is 0 Å². The molecular weight excluding hydrogens is 196 g/mol. The number of benzene rings is 1. The summed E-state index contributed by atoms with van der Waals surface area (Å²) >= 11 is 0. The number of aliphatic carboxylic acids is 1. The number of carbonyl (C=O) groups is 2. The van der Waals surface area contributed by atoms with Crippen molar-refractivity contribution in [2.24, 2.45) is 0 Å². The van der Waals surface area contributed by atoms with Gasteiger partial charge in [-0.3, -0.25) is 9.78 Å². The normalized spacial score (nSPS) is 10.1. The first-order valence-corrected chi connectivity index (χ1v) is 4.18. The molecule has 0 atom stereocenters. The number of hydrogen-bond donors (Lipinski definition) is 1. The van der Waals surface area contributed by atoms with E-state index in [1.807, 2.05) is 0 Å². The fourth-order valence-corrected chi connectivity index (χ4v) is 1.18. The lowest BCUT2D eigenvalue weighted by atomic mass is 10.2. The molecule has 2 aromatic rings. The van der Waals surface area contributed by atoms with Crippen LogP contribution in [0.5, 0.6) is 0 Å². The molecule has 0 bridgehead atoms. The number of hydrogen-bond acceptors (Lipinski definition) is 4. The number of fused-ring (bicyclic) bond motifs is 1. The average molecular weight is 202 g/mol. The van der Waals surface area contributed by atoms with Crippen LogP contribution in [0.15, 0.2) is 30.5 Å². The Morgan fingerprint density at radius 1 is 1.13 bits per heavy atom. The highest BCUT2D eigenvalue weighted by Gasteiger charge is 2.16. The van der Waals surface area contributed by atoms with Gasteiger partial charge in [0.1, 0.15) is 5.69 Å². The van der Waals surface area contributed by atoms with Gasteiger partial charge >= 0.3 is 5.97 Å². The molecule has 5 heteroatoms. The van der Waals surface area contributed by atoms with Gasteiger partial charge in [-0.1, -0.05) is 12.1 Å². The van der Waals surface area contributed by atoms with Gasteiger partial charge in [0, 0.05) is 0 Å². The predicted octanol–water partition coefficient (Wildman–Crippen LogP) is 0.897. The molecule has 0 amide bonds. The molecule has 0 unspecified atom stereocenters. The van der Waals surface area contributed by atoms with Crippen molar-refractivity contribution in [2.45, 2.75) is 0 Å². The number of carbonyl (C=O) groups excluding carboxylic acids is 1. The Morgan fingerprint density at radius 3 is 2.47 bits per heavy atom. The molecule has 2 rings (SSSR count). The Labute approximate surface area is 84.4 Å². The predicted molar refractivity (Wildman–Crippen MR) is 51.5 cm³/mol. The van der Waals surface area contributed by atoms with Crippen molar-refractivity contribution in [1.82, 2.24) is 9.97 Å². The molecule has 0 saturated carbocycles. The molecule has 74 valence electrons. The lowest BCUT2D eigenvalue weighted by Crippen LogP contribution is -2.14. The number of para-hydroxylation sites is 2. The number of carboxylic acids is 1. The molecule has 0 saturated heterocycles. The van der Waals surface area contributed by atoms with Crippen LogP contribution in [0.1, 0.15) is 10.5 Å². The van der Waals surface area contributed by atoms with E-state index in [1.54, 1.807) is 24.3 Å². The molecule has 0 aliphatic heterocycles. The van der Waals surface area contributed by atoms with Crippen LogP contribution in [0.4, 0.5) is 0 Å². The highest BCUT2D eigenvalue weighted by atomic mass is 16.4. The monoisotopic (exact) mass is 202 g/mol. The number of rotatable bonds is 2. The molecule has 1 heterocycles. The van der Waals surface area contributed by atoms with Crippen LogP contribution in [0.25, 0.3) is 11.0 Å². The number of aromatic nitrogens is 2. The van der Waals surface area contributed by atoms with Crippen molar-refractivity contribution in [3.05, 3.63) is 36.2 Å². The third-order valence-electron chi connectivity index (χ3n) is 1.88. The van der Waals surface area contributed by atoms with Crippen molar-refractivity contribution in [3.63, 3.8) is 0 Å². The summed E-state index contributed by atoms with van der Waals surface area (Å²) in [6.07, 6.45) is 1.17. The second-order valence-electron chi connectivity index (χ2n) is 2.88. The van der Waals surface area contributed by atoms with Gasteiger partial charge in [0.2, 0.25) is 0 Å². The minimum Gasteiger partial charge on any atom is -0.475 e. The van der Waals surface area contributed by atoms with Gasteiger partial charge in [0.25, 0.3) is 5.78 Å². The summed E-state index contributed by atoms with van der Waals surface area (Å²) in [4.78, 5) is 29.3. The third-order valence-corrected chi connectivity index (χ3v) is 1.88. The fourth-order valence-electron chi connectivity index (χ4n) is 1.18. The molecule has 1 aromatic carbocycles. The van der Waals surface area contributed by atoms with Crippen molar-refractivity contribution >= 4 is 22.8 Å². The smallest absolute Gasteiger partial charge is 0.378 e. The number of carboxylic acid groups (broad SMARTS) is 1. The summed E-state index contributed by atoms with van der Waals surface area (Å²) in [5, 5.41) is 8.49. The summed E-state index contributed by atoms with van der Waals surface area (Å²) in [6.45, 7) is 0. The summed E-state index contributed by atoms with van der Waals surface area (Å²) < 4.78 is 0. The molecule has 0 spiro atoms. The van der Waals surface area contributed by atoms with E-state index < -0.39 is 11.8 Å². The Kier molecular flexibility index (Phi) is 2.13. The SMILES string of the molecule is O=C(O)C(=O)c1cnc2ccccc2n1. The van der Waals surface area contributed by atoms with Crippen LogP contribution in [-0.4, -0.2) is 26.8 Å². The molecule has 15 heavy (non-hydrogen) atoms. The first-order chi connectivity index (χ1) is 7.18. The van der Waals surface area contributed by atoms with Crippen LogP contribution in [0.3, 0.4) is 0 Å². The zero-order chi connectivity index (χ0) is 10.8. The van der Waals surface area contributed by atoms with Gasteiger partial charge < -0.3 is 5.11 Å². The Bertz CT molecular complexity index is 551. The van der Waals surface area contributed by atoms with Crippen LogP contribution in [-0.2, 0) is 4.79 Å². The van der Waals surface area contributed by atoms with E-state index in [2.05, 4.69) is 9.97 Å². The number of ketones is 1. The first kappa shape index (κ1) is 9.26. The van der Waals surface area contributed by atoms with E-state index >= 15 is 0 Å². The maximum Gasteiger partial charge on any atom is 0.378 e. The largest absolute Gasteiger partial charge is 0.475 e. The molecule has 1 N–H and O–H groups in total. The van der Waals surface area contributed by atoms with E-state index in [-0.39, 0.29) is 5.69 Å². The fraction of sp³-hybridized carbons (Fsp3) is 0. The van der Waals surface area contributed by atoms with Gasteiger partial charge in [-0.05, 0) is 12.1 Å². The highest BCUT2D eigenvalue weighted by molar-refractivity contribution is 6.39. The van der Waals surface area contributed by atoms with Gasteiger partial charge in [-0.15, -0.1) is 0 Å². The lowest BCUT2D eigenvalue weighted by Gasteiger charge is -1.97. The topological polar surface area (TPSA) is 80.1 Å². The third kappa shape index (κ3) is 1.67. The second kappa shape index (κ2) is 3.45. The van der Waals surface area contributed by atoms with Crippen LogP contribution in [0, 0.1) is 0 Å². The minimum absolute atomic E-state index is 0.152. The zero-order valence-corrected chi connectivity index (χ0v) is 7.54. The van der Waals surface area contributed by atoms with Gasteiger partial charge in [0.15, 0.2) is 0 Å². The van der Waals surface area contributed by atoms with Crippen LogP contribution >= 0.6 is 0 Å². The zero-order valence-electron chi connectivity index (χ0n) is 7.54. The maximum atomic E-state index is 11.1.